The number of aryl methyl sites for hydroxylation is 1. The van der Waals surface area contributed by atoms with Crippen LogP contribution in [0.4, 0.5) is 11.9 Å². The van der Waals surface area contributed by atoms with Crippen molar-refractivity contribution < 1.29 is 0 Å². The van der Waals surface area contributed by atoms with Crippen molar-refractivity contribution in [3.8, 4) is 11.4 Å². The van der Waals surface area contributed by atoms with E-state index < -0.39 is 0 Å². The minimum Gasteiger partial charge on any atom is -0.368 e. The second-order valence-corrected chi connectivity index (χ2v) is 5.18. The van der Waals surface area contributed by atoms with Gasteiger partial charge in [0.05, 0.1) is 0 Å². The van der Waals surface area contributed by atoms with Crippen LogP contribution in [0.25, 0.3) is 11.4 Å². The fraction of sp³-hybridized carbons (Fsp3) is 0.400. The Morgan fingerprint density at radius 3 is 2.50 bits per heavy atom. The summed E-state index contributed by atoms with van der Waals surface area (Å²) in [5, 5.41) is 0. The number of benzene rings is 1. The Kier molecular flexibility index (Phi) is 3.50. The van der Waals surface area contributed by atoms with Gasteiger partial charge in [-0.3, -0.25) is 0 Å². The van der Waals surface area contributed by atoms with Crippen molar-refractivity contribution in [1.29, 1.82) is 0 Å². The van der Waals surface area contributed by atoms with Crippen LogP contribution in [-0.2, 0) is 0 Å². The summed E-state index contributed by atoms with van der Waals surface area (Å²) >= 11 is 0. The largest absolute Gasteiger partial charge is 0.368 e. The molecule has 1 aliphatic rings. The molecule has 0 bridgehead atoms. The molecule has 0 spiro atoms. The molecule has 1 fully saturated rings. The molecule has 1 aromatic heterocycles. The molecule has 20 heavy (non-hydrogen) atoms. The van der Waals surface area contributed by atoms with E-state index in [-0.39, 0.29) is 0 Å². The molecule has 0 aliphatic carbocycles. The lowest BCUT2D eigenvalue weighted by atomic mass is 10.1. The molecule has 104 valence electrons. The van der Waals surface area contributed by atoms with Crippen molar-refractivity contribution in [3.63, 3.8) is 0 Å². The molecule has 0 amide bonds. The average molecular weight is 269 g/mol. The predicted molar refractivity (Wildman–Crippen MR) is 80.5 cm³/mol. The first kappa shape index (κ1) is 12.8. The SMILES string of the molecule is Cc1ccccc1-c1nc(N)nc(N2CCCCC2)n1. The molecule has 0 saturated carbocycles. The number of nitrogens with zero attached hydrogens (tertiary/aromatic N) is 4. The zero-order chi connectivity index (χ0) is 13.9. The summed E-state index contributed by atoms with van der Waals surface area (Å²) in [4.78, 5) is 15.4. The lowest BCUT2D eigenvalue weighted by molar-refractivity contribution is 0.568. The van der Waals surface area contributed by atoms with Crippen LogP contribution in [0.3, 0.4) is 0 Å². The second-order valence-electron chi connectivity index (χ2n) is 5.18. The summed E-state index contributed by atoms with van der Waals surface area (Å²) in [6.45, 7) is 4.04. The Morgan fingerprint density at radius 1 is 1.00 bits per heavy atom. The monoisotopic (exact) mass is 269 g/mol. The van der Waals surface area contributed by atoms with Crippen molar-refractivity contribution in [2.24, 2.45) is 0 Å². The molecule has 1 aliphatic heterocycles. The molecule has 2 aromatic rings. The average Bonchev–Trinajstić information content (AvgIpc) is 2.48. The zero-order valence-corrected chi connectivity index (χ0v) is 11.7. The summed E-state index contributed by atoms with van der Waals surface area (Å²) in [6, 6.07) is 8.07. The first-order valence-electron chi connectivity index (χ1n) is 7.06. The van der Waals surface area contributed by atoms with Crippen LogP contribution in [0.5, 0.6) is 0 Å². The van der Waals surface area contributed by atoms with Crippen LogP contribution < -0.4 is 10.6 Å². The third-order valence-electron chi connectivity index (χ3n) is 3.67. The summed E-state index contributed by atoms with van der Waals surface area (Å²) in [7, 11) is 0. The van der Waals surface area contributed by atoms with Crippen LogP contribution in [0.15, 0.2) is 24.3 Å². The molecular formula is C15H19N5. The Balaban J connectivity index is 2.00. The summed E-state index contributed by atoms with van der Waals surface area (Å²) in [6.07, 6.45) is 3.65. The number of aromatic nitrogens is 3. The van der Waals surface area contributed by atoms with Gasteiger partial charge in [-0.2, -0.15) is 15.0 Å². The predicted octanol–water partition coefficient (Wildman–Crippen LogP) is 2.42. The van der Waals surface area contributed by atoms with Crippen molar-refractivity contribution in [2.45, 2.75) is 26.2 Å². The Hall–Kier alpha value is -2.17. The number of piperidine rings is 1. The fourth-order valence-corrected chi connectivity index (χ4v) is 2.56. The molecule has 0 unspecified atom stereocenters. The summed E-state index contributed by atoms with van der Waals surface area (Å²) < 4.78 is 0. The number of hydrogen-bond donors (Lipinski definition) is 1. The Morgan fingerprint density at radius 2 is 1.75 bits per heavy atom. The van der Waals surface area contributed by atoms with E-state index in [0.29, 0.717) is 17.7 Å². The molecule has 2 N–H and O–H groups in total. The van der Waals surface area contributed by atoms with Gasteiger partial charge in [0.1, 0.15) is 0 Å². The molecule has 1 saturated heterocycles. The van der Waals surface area contributed by atoms with Gasteiger partial charge in [0.25, 0.3) is 0 Å². The van der Waals surface area contributed by atoms with E-state index in [4.69, 9.17) is 5.73 Å². The Bertz CT molecular complexity index is 605. The third-order valence-corrected chi connectivity index (χ3v) is 3.67. The van der Waals surface area contributed by atoms with Crippen molar-refractivity contribution in [1.82, 2.24) is 15.0 Å². The summed E-state index contributed by atoms with van der Waals surface area (Å²) in [5.41, 5.74) is 8.02. The standard InChI is InChI=1S/C15H19N5/c1-11-7-3-4-8-12(11)13-17-14(16)19-15(18-13)20-9-5-2-6-10-20/h3-4,7-8H,2,5-6,9-10H2,1H3,(H2,16,17,18,19). The molecule has 0 radical (unpaired) electrons. The van der Waals surface area contributed by atoms with Gasteiger partial charge >= 0.3 is 0 Å². The van der Waals surface area contributed by atoms with E-state index >= 15 is 0 Å². The van der Waals surface area contributed by atoms with Gasteiger partial charge in [-0.25, -0.2) is 0 Å². The Labute approximate surface area is 118 Å². The van der Waals surface area contributed by atoms with Crippen LogP contribution in [0.1, 0.15) is 24.8 Å². The van der Waals surface area contributed by atoms with Crippen LogP contribution in [0, 0.1) is 6.92 Å². The number of rotatable bonds is 2. The number of nitrogens with two attached hydrogens (primary N) is 1. The van der Waals surface area contributed by atoms with Crippen molar-refractivity contribution in [3.05, 3.63) is 29.8 Å². The van der Waals surface area contributed by atoms with Crippen molar-refractivity contribution in [2.75, 3.05) is 23.7 Å². The van der Waals surface area contributed by atoms with E-state index in [1.165, 1.54) is 19.3 Å². The minimum absolute atomic E-state index is 0.291. The topological polar surface area (TPSA) is 67.9 Å². The molecular weight excluding hydrogens is 250 g/mol. The molecule has 1 aromatic carbocycles. The number of hydrogen-bond acceptors (Lipinski definition) is 5. The molecule has 5 heteroatoms. The van der Waals surface area contributed by atoms with Gasteiger partial charge < -0.3 is 10.6 Å². The highest BCUT2D eigenvalue weighted by molar-refractivity contribution is 5.61. The lowest BCUT2D eigenvalue weighted by Crippen LogP contribution is -2.31. The fourth-order valence-electron chi connectivity index (χ4n) is 2.56. The zero-order valence-electron chi connectivity index (χ0n) is 11.7. The van der Waals surface area contributed by atoms with Gasteiger partial charge in [0, 0.05) is 18.7 Å². The van der Waals surface area contributed by atoms with E-state index in [1.807, 2.05) is 18.2 Å². The normalized spacial score (nSPS) is 15.3. The molecule has 0 atom stereocenters. The van der Waals surface area contributed by atoms with Gasteiger partial charge in [-0.1, -0.05) is 24.3 Å². The van der Waals surface area contributed by atoms with Gasteiger partial charge in [0.15, 0.2) is 5.82 Å². The highest BCUT2D eigenvalue weighted by atomic mass is 15.3. The van der Waals surface area contributed by atoms with E-state index in [1.54, 1.807) is 0 Å². The smallest absolute Gasteiger partial charge is 0.230 e. The second kappa shape index (κ2) is 5.45. The van der Waals surface area contributed by atoms with E-state index in [0.717, 1.165) is 24.2 Å². The van der Waals surface area contributed by atoms with Gasteiger partial charge in [-0.15, -0.1) is 0 Å². The minimum atomic E-state index is 0.291. The quantitative estimate of drug-likeness (QED) is 0.906. The maximum Gasteiger partial charge on any atom is 0.230 e. The first-order valence-corrected chi connectivity index (χ1v) is 7.06. The third kappa shape index (κ3) is 2.57. The van der Waals surface area contributed by atoms with Crippen LogP contribution >= 0.6 is 0 Å². The lowest BCUT2D eigenvalue weighted by Gasteiger charge is -2.26. The first-order chi connectivity index (χ1) is 9.74. The van der Waals surface area contributed by atoms with E-state index in [2.05, 4.69) is 32.8 Å². The maximum atomic E-state index is 5.86. The van der Waals surface area contributed by atoms with Crippen molar-refractivity contribution >= 4 is 11.9 Å². The van der Waals surface area contributed by atoms with E-state index in [9.17, 15) is 0 Å². The van der Waals surface area contributed by atoms with Crippen LogP contribution in [0.2, 0.25) is 0 Å². The highest BCUT2D eigenvalue weighted by Crippen LogP contribution is 2.23. The highest BCUT2D eigenvalue weighted by Gasteiger charge is 2.16. The van der Waals surface area contributed by atoms with Crippen LogP contribution in [-0.4, -0.2) is 28.0 Å². The molecule has 2 heterocycles. The van der Waals surface area contributed by atoms with Gasteiger partial charge in [-0.05, 0) is 31.7 Å². The number of nitrogen functional groups attached to an aromatic ring is 1. The number of anilines is 2. The van der Waals surface area contributed by atoms with Gasteiger partial charge in [0.2, 0.25) is 11.9 Å². The summed E-state index contributed by atoms with van der Waals surface area (Å²) in [5.74, 6) is 1.66. The molecule has 5 nitrogen and oxygen atoms in total. The molecule has 3 rings (SSSR count). The maximum absolute atomic E-state index is 5.86.